The molecule has 1 aliphatic heterocycles. The van der Waals surface area contributed by atoms with Crippen LogP contribution >= 0.6 is 0 Å². The minimum absolute atomic E-state index is 0.0921. The van der Waals surface area contributed by atoms with Gasteiger partial charge in [-0.15, -0.1) is 0 Å². The second-order valence-electron chi connectivity index (χ2n) is 5.21. The number of aromatic nitrogens is 2. The third kappa shape index (κ3) is 2.46. The van der Waals surface area contributed by atoms with Gasteiger partial charge in [-0.05, 0) is 32.4 Å². The number of carbonyl (C=O) groups is 1. The fourth-order valence-corrected chi connectivity index (χ4v) is 2.68. The molecule has 2 atom stereocenters. The van der Waals surface area contributed by atoms with Crippen LogP contribution in [0, 0.1) is 5.92 Å². The maximum Gasteiger partial charge on any atom is 0.227 e. The number of nitrogens with one attached hydrogen (secondary N) is 3. The molecule has 5 heteroatoms. The molecule has 0 saturated carbocycles. The lowest BCUT2D eigenvalue weighted by molar-refractivity contribution is -0.120. The zero-order chi connectivity index (χ0) is 13.2. The van der Waals surface area contributed by atoms with E-state index in [1.807, 2.05) is 18.2 Å². The molecule has 1 fully saturated rings. The highest BCUT2D eigenvalue weighted by Gasteiger charge is 2.25. The van der Waals surface area contributed by atoms with Crippen LogP contribution in [0.1, 0.15) is 19.8 Å². The van der Waals surface area contributed by atoms with E-state index in [-0.39, 0.29) is 11.8 Å². The highest BCUT2D eigenvalue weighted by molar-refractivity contribution is 6.00. The lowest BCUT2D eigenvalue weighted by atomic mass is 9.92. The molecule has 0 radical (unpaired) electrons. The second kappa shape index (κ2) is 5.01. The summed E-state index contributed by atoms with van der Waals surface area (Å²) < 4.78 is 0. The summed E-state index contributed by atoms with van der Waals surface area (Å²) in [7, 11) is 0. The van der Waals surface area contributed by atoms with Gasteiger partial charge in [-0.25, -0.2) is 0 Å². The second-order valence-corrected chi connectivity index (χ2v) is 5.21. The summed E-state index contributed by atoms with van der Waals surface area (Å²) in [6, 6.07) is 6.22. The number of hydrogen-bond donors (Lipinski definition) is 3. The van der Waals surface area contributed by atoms with Crippen molar-refractivity contribution in [2.75, 3.05) is 11.9 Å². The molecule has 2 aromatic rings. The van der Waals surface area contributed by atoms with E-state index in [1.165, 1.54) is 0 Å². The molecule has 19 heavy (non-hydrogen) atoms. The summed E-state index contributed by atoms with van der Waals surface area (Å²) in [5.74, 6) is 0.199. The van der Waals surface area contributed by atoms with Gasteiger partial charge in [0.05, 0.1) is 17.4 Å². The zero-order valence-corrected chi connectivity index (χ0v) is 10.9. The Balaban J connectivity index is 1.77. The molecular weight excluding hydrogens is 240 g/mol. The van der Waals surface area contributed by atoms with Gasteiger partial charge in [0.15, 0.2) is 0 Å². The fourth-order valence-electron chi connectivity index (χ4n) is 2.68. The number of hydrogen-bond acceptors (Lipinski definition) is 3. The predicted octanol–water partition coefficient (Wildman–Crippen LogP) is 1.89. The lowest BCUT2D eigenvalue weighted by Crippen LogP contribution is -2.40. The molecule has 100 valence electrons. The molecule has 2 heterocycles. The smallest absolute Gasteiger partial charge is 0.227 e. The molecule has 3 N–H and O–H groups in total. The average molecular weight is 258 g/mol. The van der Waals surface area contributed by atoms with Crippen LogP contribution in [0.15, 0.2) is 24.4 Å². The summed E-state index contributed by atoms with van der Waals surface area (Å²) >= 11 is 0. The van der Waals surface area contributed by atoms with Gasteiger partial charge in [0, 0.05) is 17.3 Å². The van der Waals surface area contributed by atoms with E-state index in [1.54, 1.807) is 6.20 Å². The molecular formula is C14H18N4O. The van der Waals surface area contributed by atoms with E-state index in [2.05, 4.69) is 27.8 Å². The number of para-hydroxylation sites is 1. The maximum absolute atomic E-state index is 12.3. The molecule has 1 amide bonds. The molecule has 1 aromatic carbocycles. The summed E-state index contributed by atoms with van der Waals surface area (Å²) in [6.45, 7) is 3.03. The number of rotatable bonds is 2. The third-order valence-electron chi connectivity index (χ3n) is 3.73. The Morgan fingerprint density at radius 1 is 1.47 bits per heavy atom. The molecule has 5 nitrogen and oxygen atoms in total. The van der Waals surface area contributed by atoms with E-state index < -0.39 is 0 Å². The summed E-state index contributed by atoms with van der Waals surface area (Å²) in [5, 5.41) is 14.3. The number of H-pyrrole nitrogens is 1. The van der Waals surface area contributed by atoms with Crippen LogP contribution in [0.3, 0.4) is 0 Å². The first kappa shape index (κ1) is 12.2. The maximum atomic E-state index is 12.3. The average Bonchev–Trinajstić information content (AvgIpc) is 2.88. The van der Waals surface area contributed by atoms with Crippen molar-refractivity contribution in [1.82, 2.24) is 15.5 Å². The number of aromatic amines is 1. The van der Waals surface area contributed by atoms with E-state index in [0.717, 1.165) is 36.0 Å². The number of anilines is 1. The van der Waals surface area contributed by atoms with Crippen LogP contribution in [0.2, 0.25) is 0 Å². The Morgan fingerprint density at radius 2 is 2.37 bits per heavy atom. The molecule has 1 saturated heterocycles. The van der Waals surface area contributed by atoms with E-state index in [9.17, 15) is 4.79 Å². The van der Waals surface area contributed by atoms with E-state index in [4.69, 9.17) is 0 Å². The van der Waals surface area contributed by atoms with Crippen molar-refractivity contribution in [3.8, 4) is 0 Å². The zero-order valence-electron chi connectivity index (χ0n) is 10.9. The largest absolute Gasteiger partial charge is 0.324 e. The highest BCUT2D eigenvalue weighted by Crippen LogP contribution is 2.23. The van der Waals surface area contributed by atoms with Gasteiger partial charge < -0.3 is 10.6 Å². The van der Waals surface area contributed by atoms with Crippen LogP contribution in [0.25, 0.3) is 10.9 Å². The van der Waals surface area contributed by atoms with Crippen molar-refractivity contribution >= 4 is 22.5 Å². The summed E-state index contributed by atoms with van der Waals surface area (Å²) in [4.78, 5) is 12.3. The Labute approximate surface area is 111 Å². The van der Waals surface area contributed by atoms with Gasteiger partial charge in [0.25, 0.3) is 0 Å². The monoisotopic (exact) mass is 258 g/mol. The molecule has 1 aromatic heterocycles. The van der Waals surface area contributed by atoms with Crippen LogP contribution in [-0.4, -0.2) is 28.7 Å². The van der Waals surface area contributed by atoms with Crippen LogP contribution in [-0.2, 0) is 4.79 Å². The standard InChI is InChI=1S/C14H18N4O/c1-9-7-10(5-6-15-9)14(19)17-12-4-2-3-11-8-16-18-13(11)12/h2-4,8-10,15H,5-7H2,1H3,(H,16,18)(H,17,19). The van der Waals surface area contributed by atoms with Crippen LogP contribution in [0.5, 0.6) is 0 Å². The van der Waals surface area contributed by atoms with Gasteiger partial charge in [-0.3, -0.25) is 9.89 Å². The van der Waals surface area contributed by atoms with Crippen molar-refractivity contribution in [3.63, 3.8) is 0 Å². The quantitative estimate of drug-likeness (QED) is 0.770. The Morgan fingerprint density at radius 3 is 3.21 bits per heavy atom. The van der Waals surface area contributed by atoms with Gasteiger partial charge in [-0.1, -0.05) is 12.1 Å². The first-order chi connectivity index (χ1) is 9.24. The summed E-state index contributed by atoms with van der Waals surface area (Å²) in [5.41, 5.74) is 1.70. The lowest BCUT2D eigenvalue weighted by Gasteiger charge is -2.27. The number of fused-ring (bicyclic) bond motifs is 1. The van der Waals surface area contributed by atoms with Crippen molar-refractivity contribution in [2.45, 2.75) is 25.8 Å². The number of nitrogens with zero attached hydrogens (tertiary/aromatic N) is 1. The van der Waals surface area contributed by atoms with Crippen molar-refractivity contribution < 1.29 is 4.79 Å². The van der Waals surface area contributed by atoms with Crippen LogP contribution < -0.4 is 10.6 Å². The number of benzene rings is 1. The van der Waals surface area contributed by atoms with Gasteiger partial charge in [0.2, 0.25) is 5.91 Å². The topological polar surface area (TPSA) is 69.8 Å². The summed E-state index contributed by atoms with van der Waals surface area (Å²) in [6.07, 6.45) is 3.55. The SMILES string of the molecule is CC1CC(C(=O)Nc2cccc3cn[nH]c23)CCN1. The van der Waals surface area contributed by atoms with Gasteiger partial charge in [0.1, 0.15) is 0 Å². The minimum Gasteiger partial charge on any atom is -0.324 e. The van der Waals surface area contributed by atoms with Crippen molar-refractivity contribution in [1.29, 1.82) is 0 Å². The molecule has 2 unspecified atom stereocenters. The number of piperidine rings is 1. The van der Waals surface area contributed by atoms with E-state index >= 15 is 0 Å². The molecule has 1 aliphatic rings. The predicted molar refractivity (Wildman–Crippen MR) is 74.9 cm³/mol. The minimum atomic E-state index is 0.0921. The molecule has 0 bridgehead atoms. The third-order valence-corrected chi connectivity index (χ3v) is 3.73. The Bertz CT molecular complexity index is 592. The normalized spacial score (nSPS) is 23.4. The number of amides is 1. The molecule has 0 spiro atoms. The van der Waals surface area contributed by atoms with Crippen LogP contribution in [0.4, 0.5) is 5.69 Å². The van der Waals surface area contributed by atoms with Crippen molar-refractivity contribution in [3.05, 3.63) is 24.4 Å². The molecule has 3 rings (SSSR count). The first-order valence-electron chi connectivity index (χ1n) is 6.70. The van der Waals surface area contributed by atoms with Crippen molar-refractivity contribution in [2.24, 2.45) is 5.92 Å². The van der Waals surface area contributed by atoms with Gasteiger partial charge in [-0.2, -0.15) is 5.10 Å². The Hall–Kier alpha value is -1.88. The molecule has 0 aliphatic carbocycles. The van der Waals surface area contributed by atoms with E-state index in [0.29, 0.717) is 6.04 Å². The first-order valence-corrected chi connectivity index (χ1v) is 6.70. The highest BCUT2D eigenvalue weighted by atomic mass is 16.1. The fraction of sp³-hybridized carbons (Fsp3) is 0.429. The number of carbonyl (C=O) groups excluding carboxylic acids is 1. The Kier molecular flexibility index (Phi) is 3.21. The van der Waals surface area contributed by atoms with Gasteiger partial charge >= 0.3 is 0 Å².